The molecule has 19 heavy (non-hydrogen) atoms. The van der Waals surface area contributed by atoms with E-state index in [9.17, 15) is 13.2 Å². The summed E-state index contributed by atoms with van der Waals surface area (Å²) in [5.74, 6) is 0.591. The van der Waals surface area contributed by atoms with Gasteiger partial charge in [0.15, 0.2) is 0 Å². The molecule has 1 saturated heterocycles. The number of nitrogens with one attached hydrogen (secondary N) is 1. The molecule has 1 N–H and O–H groups in total. The van der Waals surface area contributed by atoms with Crippen molar-refractivity contribution in [3.05, 3.63) is 35.7 Å². The lowest BCUT2D eigenvalue weighted by Gasteiger charge is -2.23. The largest absolute Gasteiger partial charge is 0.416 e. The monoisotopic (exact) mass is 269 g/mol. The highest BCUT2D eigenvalue weighted by atomic mass is 19.4. The van der Waals surface area contributed by atoms with Crippen molar-refractivity contribution in [1.29, 1.82) is 0 Å². The second kappa shape index (κ2) is 4.34. The third-order valence-electron chi connectivity index (χ3n) is 3.01. The van der Waals surface area contributed by atoms with Gasteiger partial charge in [-0.25, -0.2) is 0 Å². The summed E-state index contributed by atoms with van der Waals surface area (Å²) in [4.78, 5) is 4.12. The SMILES string of the molecule is FC(F)(F)c1cccc(-c2noc([C@H]3CCN3)n2)c1. The van der Waals surface area contributed by atoms with E-state index in [-0.39, 0.29) is 11.9 Å². The molecule has 2 aromatic rings. The predicted octanol–water partition coefficient (Wildman–Crippen LogP) is 2.79. The van der Waals surface area contributed by atoms with Gasteiger partial charge in [-0.1, -0.05) is 17.3 Å². The van der Waals surface area contributed by atoms with Gasteiger partial charge in [0, 0.05) is 5.56 Å². The summed E-state index contributed by atoms with van der Waals surface area (Å²) in [7, 11) is 0. The maximum Gasteiger partial charge on any atom is 0.416 e. The van der Waals surface area contributed by atoms with Crippen LogP contribution in [0.4, 0.5) is 13.2 Å². The van der Waals surface area contributed by atoms with Crippen molar-refractivity contribution in [1.82, 2.24) is 15.5 Å². The Kier molecular flexibility index (Phi) is 2.78. The van der Waals surface area contributed by atoms with Crippen molar-refractivity contribution in [3.63, 3.8) is 0 Å². The molecule has 2 heterocycles. The first kappa shape index (κ1) is 12.2. The molecule has 3 rings (SSSR count). The number of nitrogens with zero attached hydrogens (tertiary/aromatic N) is 2. The molecule has 0 unspecified atom stereocenters. The van der Waals surface area contributed by atoms with Gasteiger partial charge in [0.1, 0.15) is 0 Å². The van der Waals surface area contributed by atoms with Gasteiger partial charge in [-0.15, -0.1) is 0 Å². The van der Waals surface area contributed by atoms with Crippen molar-refractivity contribution in [2.75, 3.05) is 6.54 Å². The highest BCUT2D eigenvalue weighted by Gasteiger charge is 2.31. The number of rotatable bonds is 2. The van der Waals surface area contributed by atoms with E-state index < -0.39 is 11.7 Å². The highest BCUT2D eigenvalue weighted by Crippen LogP contribution is 2.32. The van der Waals surface area contributed by atoms with E-state index in [1.807, 2.05) is 0 Å². The van der Waals surface area contributed by atoms with Crippen LogP contribution >= 0.6 is 0 Å². The summed E-state index contributed by atoms with van der Waals surface area (Å²) in [5.41, 5.74) is -0.428. The van der Waals surface area contributed by atoms with Gasteiger partial charge in [0.2, 0.25) is 11.7 Å². The minimum atomic E-state index is -4.38. The van der Waals surface area contributed by atoms with Gasteiger partial charge in [-0.05, 0) is 25.1 Å². The molecule has 0 radical (unpaired) electrons. The fourth-order valence-electron chi connectivity index (χ4n) is 1.83. The van der Waals surface area contributed by atoms with Crippen LogP contribution in [0.25, 0.3) is 11.4 Å². The van der Waals surface area contributed by atoms with Crippen molar-refractivity contribution in [3.8, 4) is 11.4 Å². The Balaban J connectivity index is 1.91. The quantitative estimate of drug-likeness (QED) is 0.910. The van der Waals surface area contributed by atoms with Gasteiger partial charge in [0.05, 0.1) is 11.6 Å². The van der Waals surface area contributed by atoms with Crippen LogP contribution in [0.1, 0.15) is 23.9 Å². The first-order valence-electron chi connectivity index (χ1n) is 5.78. The smallest absolute Gasteiger partial charge is 0.337 e. The van der Waals surface area contributed by atoms with Gasteiger partial charge in [-0.2, -0.15) is 18.2 Å². The second-order valence-corrected chi connectivity index (χ2v) is 4.33. The molecule has 0 aliphatic carbocycles. The van der Waals surface area contributed by atoms with E-state index >= 15 is 0 Å². The number of hydrogen-bond donors (Lipinski definition) is 1. The van der Waals surface area contributed by atoms with Gasteiger partial charge in [-0.3, -0.25) is 0 Å². The first-order chi connectivity index (χ1) is 9.04. The van der Waals surface area contributed by atoms with Crippen LogP contribution in [0.5, 0.6) is 0 Å². The fraction of sp³-hybridized carbons (Fsp3) is 0.333. The van der Waals surface area contributed by atoms with Crippen molar-refractivity contribution < 1.29 is 17.7 Å². The lowest BCUT2D eigenvalue weighted by atomic mass is 10.1. The molecular weight excluding hydrogens is 259 g/mol. The minimum absolute atomic E-state index is 0.0204. The fourth-order valence-corrected chi connectivity index (χ4v) is 1.83. The Hall–Kier alpha value is -1.89. The molecule has 4 nitrogen and oxygen atoms in total. The summed E-state index contributed by atoms with van der Waals surface area (Å²) in [6, 6.07) is 4.90. The Morgan fingerprint density at radius 1 is 1.32 bits per heavy atom. The van der Waals surface area contributed by atoms with E-state index in [1.165, 1.54) is 12.1 Å². The van der Waals surface area contributed by atoms with Gasteiger partial charge in [0.25, 0.3) is 0 Å². The summed E-state index contributed by atoms with van der Waals surface area (Å²) in [5, 5.41) is 6.81. The standard InChI is InChI=1S/C12H10F3N3O/c13-12(14,15)8-3-1-2-7(6-8)10-17-11(19-18-10)9-4-5-16-9/h1-3,6,9,16H,4-5H2/t9-/m1/s1. The molecule has 0 bridgehead atoms. The van der Waals surface area contributed by atoms with Gasteiger partial charge >= 0.3 is 6.18 Å². The van der Waals surface area contributed by atoms with Gasteiger partial charge < -0.3 is 9.84 Å². The van der Waals surface area contributed by atoms with Crippen LogP contribution in [-0.2, 0) is 6.18 Å². The molecule has 1 aliphatic heterocycles. The maximum absolute atomic E-state index is 12.6. The zero-order chi connectivity index (χ0) is 13.5. The molecule has 1 aromatic heterocycles. The molecule has 1 aliphatic rings. The van der Waals surface area contributed by atoms with Crippen molar-refractivity contribution in [2.45, 2.75) is 18.6 Å². The zero-order valence-electron chi connectivity index (χ0n) is 9.74. The Morgan fingerprint density at radius 2 is 2.11 bits per heavy atom. The van der Waals surface area contributed by atoms with Crippen molar-refractivity contribution >= 4 is 0 Å². The number of benzene rings is 1. The Labute approximate surface area is 106 Å². The van der Waals surface area contributed by atoms with Crippen molar-refractivity contribution in [2.24, 2.45) is 0 Å². The summed E-state index contributed by atoms with van der Waals surface area (Å²) < 4.78 is 42.9. The Morgan fingerprint density at radius 3 is 2.74 bits per heavy atom. The number of aromatic nitrogens is 2. The molecule has 100 valence electrons. The molecule has 0 spiro atoms. The molecule has 0 saturated carbocycles. The average molecular weight is 269 g/mol. The van der Waals surface area contributed by atoms with Crippen LogP contribution in [-0.4, -0.2) is 16.7 Å². The topological polar surface area (TPSA) is 51.0 Å². The third-order valence-corrected chi connectivity index (χ3v) is 3.01. The van der Waals surface area contributed by atoms with E-state index in [1.54, 1.807) is 0 Å². The molecule has 1 atom stereocenters. The molecule has 7 heteroatoms. The number of alkyl halides is 3. The highest BCUT2D eigenvalue weighted by molar-refractivity contribution is 5.55. The van der Waals surface area contributed by atoms with E-state index in [0.29, 0.717) is 11.5 Å². The van der Waals surface area contributed by atoms with Crippen LogP contribution in [0.2, 0.25) is 0 Å². The second-order valence-electron chi connectivity index (χ2n) is 4.33. The normalized spacial score (nSPS) is 19.2. The number of halogens is 3. The predicted molar refractivity (Wildman–Crippen MR) is 60.1 cm³/mol. The summed E-state index contributed by atoms with van der Waals surface area (Å²) in [6.45, 7) is 0.881. The van der Waals surface area contributed by atoms with Crippen LogP contribution < -0.4 is 5.32 Å². The first-order valence-corrected chi connectivity index (χ1v) is 5.78. The van der Waals surface area contributed by atoms with Crippen LogP contribution in [0.15, 0.2) is 28.8 Å². The summed E-state index contributed by atoms with van der Waals surface area (Å²) in [6.07, 6.45) is -3.48. The van der Waals surface area contributed by atoms with E-state index in [2.05, 4.69) is 15.5 Å². The molecule has 0 amide bonds. The third kappa shape index (κ3) is 2.33. The van der Waals surface area contributed by atoms with Crippen LogP contribution in [0.3, 0.4) is 0 Å². The van der Waals surface area contributed by atoms with Crippen LogP contribution in [0, 0.1) is 0 Å². The minimum Gasteiger partial charge on any atom is -0.337 e. The average Bonchev–Trinajstić information content (AvgIpc) is 2.75. The number of hydrogen-bond acceptors (Lipinski definition) is 4. The lowest BCUT2D eigenvalue weighted by molar-refractivity contribution is -0.137. The molecule has 1 fully saturated rings. The molecular formula is C12H10F3N3O. The van der Waals surface area contributed by atoms with E-state index in [0.717, 1.165) is 25.1 Å². The lowest BCUT2D eigenvalue weighted by Crippen LogP contribution is -2.35. The maximum atomic E-state index is 12.6. The van der Waals surface area contributed by atoms with E-state index in [4.69, 9.17) is 4.52 Å². The molecule has 1 aromatic carbocycles. The zero-order valence-corrected chi connectivity index (χ0v) is 9.74. The summed E-state index contributed by atoms with van der Waals surface area (Å²) >= 11 is 0. The Bertz CT molecular complexity index is 590.